The minimum Gasteiger partial charge on any atom is -0.187 e. The van der Waals surface area contributed by atoms with Gasteiger partial charge in [-0.15, -0.1) is 0 Å². The Hall–Kier alpha value is -0.170. The van der Waals surface area contributed by atoms with Gasteiger partial charge < -0.3 is 0 Å². The van der Waals surface area contributed by atoms with Crippen LogP contribution in [0.1, 0.15) is 48.5 Å². The second kappa shape index (κ2) is 2.91. The number of hydrogen-bond donors (Lipinski definition) is 0. The summed E-state index contributed by atoms with van der Waals surface area (Å²) in [7, 11) is 0. The molecular weight excluding hydrogens is 160 g/mol. The quantitative estimate of drug-likeness (QED) is 0.521. The molecule has 0 spiro atoms. The Bertz CT molecular complexity index is 188. The molecule has 1 rings (SSSR count). The van der Waals surface area contributed by atoms with Crippen molar-refractivity contribution in [2.45, 2.75) is 54.1 Å². The lowest BCUT2D eigenvalue weighted by atomic mass is 9.76. The second-order valence-electron chi connectivity index (χ2n) is 5.90. The van der Waals surface area contributed by atoms with Crippen LogP contribution in [-0.2, 0) is 4.74 Å². The first kappa shape index (κ1) is 10.9. The summed E-state index contributed by atoms with van der Waals surface area (Å²) in [6.07, 6.45) is 1.27. The molecule has 0 aromatic carbocycles. The van der Waals surface area contributed by atoms with Gasteiger partial charge in [-0.3, -0.25) is 0 Å². The molecule has 0 saturated carbocycles. The summed E-state index contributed by atoms with van der Waals surface area (Å²) >= 11 is 0. The molecule has 0 amide bonds. The van der Waals surface area contributed by atoms with E-state index >= 15 is 0 Å². The van der Waals surface area contributed by atoms with Crippen molar-refractivity contribution in [3.05, 3.63) is 6.10 Å². The minimum atomic E-state index is 0.0159. The first-order valence-electron chi connectivity index (χ1n) is 5.22. The summed E-state index contributed by atoms with van der Waals surface area (Å²) in [4.78, 5) is 0. The Labute approximate surface area is 82.9 Å². The van der Waals surface area contributed by atoms with E-state index in [1.54, 1.807) is 0 Å². The van der Waals surface area contributed by atoms with Gasteiger partial charge in [-0.2, -0.15) is 4.74 Å². The molecule has 1 aliphatic heterocycles. The normalized spacial score (nSPS) is 33.9. The number of rotatable bonds is 0. The number of hydrogen-bond acceptors (Lipinski definition) is 1. The summed E-state index contributed by atoms with van der Waals surface area (Å²) in [5.74, 6) is 1.19. The van der Waals surface area contributed by atoms with Crippen LogP contribution in [0, 0.1) is 23.4 Å². The third kappa shape index (κ3) is 1.85. The molecule has 2 unspecified atom stereocenters. The van der Waals surface area contributed by atoms with Crippen molar-refractivity contribution < 1.29 is 4.74 Å². The Morgan fingerprint density at radius 3 is 1.77 bits per heavy atom. The lowest BCUT2D eigenvalue weighted by Gasteiger charge is -2.18. The SMILES string of the molecule is CC1[C+](C(C)(C)C)OC(C)(C)C1C. The van der Waals surface area contributed by atoms with Crippen molar-refractivity contribution in [2.24, 2.45) is 17.3 Å². The van der Waals surface area contributed by atoms with Crippen molar-refractivity contribution in [1.82, 2.24) is 0 Å². The van der Waals surface area contributed by atoms with Gasteiger partial charge in [-0.05, 0) is 41.5 Å². The van der Waals surface area contributed by atoms with Gasteiger partial charge in [0.15, 0.2) is 0 Å². The van der Waals surface area contributed by atoms with Gasteiger partial charge in [0, 0.05) is 5.92 Å². The van der Waals surface area contributed by atoms with Gasteiger partial charge in [-0.1, -0.05) is 6.92 Å². The van der Waals surface area contributed by atoms with Crippen LogP contribution in [0.5, 0.6) is 0 Å². The highest BCUT2D eigenvalue weighted by atomic mass is 16.5. The monoisotopic (exact) mass is 183 g/mol. The van der Waals surface area contributed by atoms with Crippen molar-refractivity contribution in [3.8, 4) is 0 Å². The molecular formula is C12H23O+. The molecule has 1 heteroatoms. The summed E-state index contributed by atoms with van der Waals surface area (Å²) in [5, 5.41) is 0. The highest BCUT2D eigenvalue weighted by molar-refractivity contribution is 5.07. The summed E-state index contributed by atoms with van der Waals surface area (Å²) in [6, 6.07) is 0. The zero-order valence-corrected chi connectivity index (χ0v) is 10.1. The molecule has 1 nitrogen and oxygen atoms in total. The van der Waals surface area contributed by atoms with Crippen molar-refractivity contribution in [2.75, 3.05) is 0 Å². The maximum atomic E-state index is 6.05. The van der Waals surface area contributed by atoms with E-state index in [-0.39, 0.29) is 11.0 Å². The van der Waals surface area contributed by atoms with Gasteiger partial charge in [-0.25, -0.2) is 0 Å². The minimum absolute atomic E-state index is 0.0159. The highest BCUT2D eigenvalue weighted by Crippen LogP contribution is 2.50. The smallest absolute Gasteiger partial charge is 0.187 e. The first-order chi connectivity index (χ1) is 5.66. The van der Waals surface area contributed by atoms with Crippen LogP contribution < -0.4 is 0 Å². The van der Waals surface area contributed by atoms with E-state index in [4.69, 9.17) is 4.74 Å². The molecule has 1 fully saturated rings. The maximum absolute atomic E-state index is 6.05. The van der Waals surface area contributed by atoms with Crippen LogP contribution in [-0.4, -0.2) is 5.60 Å². The summed E-state index contributed by atoms with van der Waals surface area (Å²) in [5.41, 5.74) is 0.198. The van der Waals surface area contributed by atoms with Crippen LogP contribution in [0.2, 0.25) is 0 Å². The molecule has 0 N–H and O–H groups in total. The lowest BCUT2D eigenvalue weighted by molar-refractivity contribution is -0.0112. The molecule has 0 radical (unpaired) electrons. The first-order valence-corrected chi connectivity index (χ1v) is 5.22. The molecule has 0 aromatic rings. The highest BCUT2D eigenvalue weighted by Gasteiger charge is 2.59. The standard InChI is InChI=1S/C12H23O/c1-8-9(2)12(6,7)13-10(8)11(3,4)5/h8-9H,1-7H3/q+1. The van der Waals surface area contributed by atoms with Crippen LogP contribution in [0.4, 0.5) is 0 Å². The molecule has 76 valence electrons. The van der Waals surface area contributed by atoms with E-state index in [2.05, 4.69) is 48.5 Å². The average Bonchev–Trinajstić information content (AvgIpc) is 2.12. The summed E-state index contributed by atoms with van der Waals surface area (Å²) < 4.78 is 6.05. The van der Waals surface area contributed by atoms with Crippen LogP contribution in [0.3, 0.4) is 0 Å². The van der Waals surface area contributed by atoms with E-state index < -0.39 is 0 Å². The third-order valence-electron chi connectivity index (χ3n) is 3.37. The predicted molar refractivity (Wildman–Crippen MR) is 56.2 cm³/mol. The Morgan fingerprint density at radius 2 is 1.62 bits per heavy atom. The zero-order valence-electron chi connectivity index (χ0n) is 10.1. The maximum Gasteiger partial charge on any atom is 0.250 e. The summed E-state index contributed by atoms with van der Waals surface area (Å²) in [6.45, 7) is 15.6. The predicted octanol–water partition coefficient (Wildman–Crippen LogP) is 3.65. The largest absolute Gasteiger partial charge is 0.250 e. The Balaban J connectivity index is 2.84. The topological polar surface area (TPSA) is 9.23 Å². The average molecular weight is 183 g/mol. The second-order valence-corrected chi connectivity index (χ2v) is 5.90. The Morgan fingerprint density at radius 1 is 1.15 bits per heavy atom. The van der Waals surface area contributed by atoms with Gasteiger partial charge in [0.25, 0.3) is 0 Å². The fraction of sp³-hybridized carbons (Fsp3) is 0.917. The van der Waals surface area contributed by atoms with Crippen LogP contribution in [0.15, 0.2) is 0 Å². The fourth-order valence-electron chi connectivity index (χ4n) is 2.13. The van der Waals surface area contributed by atoms with Crippen LogP contribution >= 0.6 is 0 Å². The Kier molecular flexibility index (Phi) is 2.44. The van der Waals surface area contributed by atoms with Crippen LogP contribution in [0.25, 0.3) is 0 Å². The lowest BCUT2D eigenvalue weighted by Crippen LogP contribution is -2.26. The van der Waals surface area contributed by atoms with Crippen molar-refractivity contribution >= 4 is 0 Å². The molecule has 1 saturated heterocycles. The molecule has 0 aromatic heterocycles. The number of ether oxygens (including phenoxy) is 1. The van der Waals surface area contributed by atoms with E-state index in [0.717, 1.165) is 0 Å². The van der Waals surface area contributed by atoms with E-state index in [9.17, 15) is 0 Å². The fourth-order valence-corrected chi connectivity index (χ4v) is 2.13. The van der Waals surface area contributed by atoms with E-state index in [1.165, 1.54) is 6.10 Å². The molecule has 1 heterocycles. The van der Waals surface area contributed by atoms with Gasteiger partial charge in [0.2, 0.25) is 6.10 Å². The zero-order chi connectivity index (χ0) is 10.4. The molecule has 2 atom stereocenters. The third-order valence-corrected chi connectivity index (χ3v) is 3.37. The van der Waals surface area contributed by atoms with Gasteiger partial charge in [0.1, 0.15) is 16.9 Å². The van der Waals surface area contributed by atoms with E-state index in [1.807, 2.05) is 0 Å². The van der Waals surface area contributed by atoms with Gasteiger partial charge in [0.05, 0.1) is 0 Å². The van der Waals surface area contributed by atoms with Gasteiger partial charge >= 0.3 is 0 Å². The molecule has 13 heavy (non-hydrogen) atoms. The molecule has 1 aliphatic rings. The van der Waals surface area contributed by atoms with E-state index in [0.29, 0.717) is 11.8 Å². The van der Waals surface area contributed by atoms with Crippen molar-refractivity contribution in [3.63, 3.8) is 0 Å². The molecule has 0 aliphatic carbocycles. The van der Waals surface area contributed by atoms with Crippen molar-refractivity contribution in [1.29, 1.82) is 0 Å². The molecule has 0 bridgehead atoms.